The third-order valence-corrected chi connectivity index (χ3v) is 3.69. The van der Waals surface area contributed by atoms with Gasteiger partial charge >= 0.3 is 18.0 Å². The lowest BCUT2D eigenvalue weighted by molar-refractivity contribution is -0.197. The van der Waals surface area contributed by atoms with Gasteiger partial charge in [-0.25, -0.2) is 14.4 Å². The van der Waals surface area contributed by atoms with E-state index in [1.807, 2.05) is 6.92 Å². The second-order valence-corrected chi connectivity index (χ2v) is 7.97. The van der Waals surface area contributed by atoms with Crippen molar-refractivity contribution in [1.82, 2.24) is 15.4 Å². The molecule has 2 heterocycles. The molecule has 0 aromatic heterocycles. The van der Waals surface area contributed by atoms with E-state index in [0.29, 0.717) is 11.5 Å². The van der Waals surface area contributed by atoms with Gasteiger partial charge in [-0.05, 0) is 27.2 Å². The average Bonchev–Trinajstić information content (AvgIpc) is 3.24. The normalized spacial score (nSPS) is 14.5. The number of aliphatic carboxylic acids is 1. The highest BCUT2D eigenvalue weighted by molar-refractivity contribution is 7.45. The van der Waals surface area contributed by atoms with E-state index >= 15 is 0 Å². The predicted molar refractivity (Wildman–Crippen MR) is 122 cm³/mol. The maximum Gasteiger partial charge on any atom is 0.407 e. The lowest BCUT2D eigenvalue weighted by atomic mass is 10.2. The zero-order chi connectivity index (χ0) is 28.5. The highest BCUT2D eigenvalue weighted by atomic mass is 32.1. The van der Waals surface area contributed by atoms with Crippen molar-refractivity contribution >= 4 is 54.1 Å². The maximum atomic E-state index is 11.4. The molecule has 0 unspecified atom stereocenters. The number of nitrogens with one attached hydrogen (secondary N) is 2. The number of alkyl carbamates (subject to hydrolysis) is 1. The second-order valence-electron chi connectivity index (χ2n) is 7.97. The molecule has 2 aliphatic rings. The molecule has 15 nitrogen and oxygen atoms in total. The van der Waals surface area contributed by atoms with Crippen LogP contribution in [0.1, 0.15) is 72.6 Å². The summed E-state index contributed by atoms with van der Waals surface area (Å²) in [6.07, 6.45) is 0.583. The minimum Gasteiger partial charge on any atom is -0.481 e. The molecule has 2 aliphatic heterocycles. The molecule has 2 saturated heterocycles. The number of imide groups is 2. The molecular weight excluding hydrogens is 504 g/mol. The third-order valence-electron chi connectivity index (χ3n) is 3.69. The number of hydrogen-bond donors (Lipinski definition) is 4. The Morgan fingerprint density at radius 3 is 1.69 bits per heavy atom. The van der Waals surface area contributed by atoms with Crippen molar-refractivity contribution in [1.29, 1.82) is 4.78 Å². The molecule has 0 spiro atoms. The van der Waals surface area contributed by atoms with Crippen LogP contribution in [-0.4, -0.2) is 74.2 Å². The molecule has 36 heavy (non-hydrogen) atoms. The Balaban J connectivity index is 0. The summed E-state index contributed by atoms with van der Waals surface area (Å²) in [4.78, 5) is 79.8. The third kappa shape index (κ3) is 16.2. The summed E-state index contributed by atoms with van der Waals surface area (Å²) in [7, 11) is 0. The summed E-state index contributed by atoms with van der Waals surface area (Å²) in [5.74, 6) is -3.57. The number of hydroxylamine groups is 4. The van der Waals surface area contributed by atoms with E-state index in [0.717, 1.165) is 6.42 Å². The van der Waals surface area contributed by atoms with Crippen LogP contribution >= 0.6 is 0 Å². The topological polar surface area (TPSA) is 221 Å². The Hall–Kier alpha value is -3.53. The molecule has 4 N–H and O–H groups in total. The van der Waals surface area contributed by atoms with E-state index in [4.69, 9.17) is 19.8 Å². The Kier molecular flexibility index (Phi) is 17.2. The first kappa shape index (κ1) is 34.6. The van der Waals surface area contributed by atoms with Crippen molar-refractivity contribution in [3.05, 3.63) is 0 Å². The van der Waals surface area contributed by atoms with Crippen molar-refractivity contribution in [2.75, 3.05) is 6.54 Å². The summed E-state index contributed by atoms with van der Waals surface area (Å²) in [5, 5.41) is 19.3. The van der Waals surface area contributed by atoms with Crippen LogP contribution in [0.2, 0.25) is 0 Å². The van der Waals surface area contributed by atoms with Gasteiger partial charge in [0.15, 0.2) is 0 Å². The lowest BCUT2D eigenvalue weighted by Gasteiger charge is -2.19. The monoisotopic (exact) mass is 536 g/mol. The number of nitrogens with zero attached hydrogens (tertiary/aromatic N) is 2. The molecule has 2 fully saturated rings. The fourth-order valence-corrected chi connectivity index (χ4v) is 2.16. The van der Waals surface area contributed by atoms with Gasteiger partial charge in [0.1, 0.15) is 5.60 Å². The van der Waals surface area contributed by atoms with E-state index in [2.05, 4.69) is 22.6 Å². The van der Waals surface area contributed by atoms with Crippen LogP contribution in [0.15, 0.2) is 0 Å². The fourth-order valence-electron chi connectivity index (χ4n) is 2.16. The Morgan fingerprint density at radius 1 is 0.944 bits per heavy atom. The Bertz CT molecular complexity index is 782. The minimum atomic E-state index is -0.773. The molecule has 0 aromatic rings. The SMILES string of the molecule is CC(C)(C)OC(=O)NCCC(=O)ON1C(=O)CCC1=O.CCCC(=O)O.N=S.O=C1CCC(=O)N1O. The highest BCUT2D eigenvalue weighted by Gasteiger charge is 2.32. The lowest BCUT2D eigenvalue weighted by Crippen LogP contribution is -2.35. The molecule has 204 valence electrons. The molecule has 0 atom stereocenters. The van der Waals surface area contributed by atoms with E-state index in [1.165, 1.54) is 0 Å². The van der Waals surface area contributed by atoms with Crippen molar-refractivity contribution in [2.45, 2.75) is 78.2 Å². The molecule has 16 heteroatoms. The smallest absolute Gasteiger partial charge is 0.407 e. The van der Waals surface area contributed by atoms with Crippen LogP contribution < -0.4 is 5.32 Å². The number of carboxylic acids is 1. The molecule has 0 aliphatic carbocycles. The Labute approximate surface area is 212 Å². The second kappa shape index (κ2) is 17.8. The number of carbonyl (C=O) groups is 7. The number of hydrogen-bond acceptors (Lipinski definition) is 12. The maximum absolute atomic E-state index is 11.4. The summed E-state index contributed by atoms with van der Waals surface area (Å²) >= 11 is 3.33. The quantitative estimate of drug-likeness (QED) is 0.278. The summed E-state index contributed by atoms with van der Waals surface area (Å²) in [6, 6.07) is 0. The van der Waals surface area contributed by atoms with Gasteiger partial charge in [0.2, 0.25) is 0 Å². The van der Waals surface area contributed by atoms with Gasteiger partial charge in [-0.2, -0.15) is 5.06 Å². The van der Waals surface area contributed by atoms with E-state index in [1.54, 1.807) is 20.8 Å². The molecule has 0 radical (unpaired) electrons. The standard InChI is InChI=1S/C12H18N2O6.C4H5NO3.C4H8O2.HNS/c1-12(2,3)19-11(18)13-7-6-10(17)20-14-8(15)4-5-9(14)16;6-3-1-2-4(7)5(3)8;1-2-3-4(5)6;1-2/h4-7H2,1-3H3,(H,13,18);8H,1-2H2;2-3H2,1H3,(H,5,6);1H. The van der Waals surface area contributed by atoms with Crippen molar-refractivity contribution < 1.29 is 53.4 Å². The first-order valence-electron chi connectivity index (χ1n) is 10.7. The molecule has 0 bridgehead atoms. The summed E-state index contributed by atoms with van der Waals surface area (Å²) in [6.45, 7) is 6.97. The summed E-state index contributed by atoms with van der Waals surface area (Å²) < 4.78 is 10.3. The first-order chi connectivity index (χ1) is 16.7. The molecule has 0 aromatic carbocycles. The van der Waals surface area contributed by atoms with Gasteiger partial charge in [0.25, 0.3) is 23.6 Å². The van der Waals surface area contributed by atoms with Crippen LogP contribution in [0.4, 0.5) is 4.79 Å². The van der Waals surface area contributed by atoms with Gasteiger partial charge in [0.05, 0.1) is 6.42 Å². The van der Waals surface area contributed by atoms with Gasteiger partial charge in [0, 0.05) is 51.1 Å². The average molecular weight is 537 g/mol. The van der Waals surface area contributed by atoms with Crippen LogP contribution in [-0.2, 0) is 50.8 Å². The van der Waals surface area contributed by atoms with Gasteiger partial charge in [-0.1, -0.05) is 6.92 Å². The van der Waals surface area contributed by atoms with Crippen LogP contribution in [0.3, 0.4) is 0 Å². The number of rotatable bonds is 6. The van der Waals surface area contributed by atoms with Gasteiger partial charge in [-0.15, -0.1) is 5.06 Å². The van der Waals surface area contributed by atoms with E-state index < -0.39 is 47.3 Å². The minimum absolute atomic E-state index is 0.00995. The van der Waals surface area contributed by atoms with Gasteiger partial charge < -0.3 is 20.0 Å². The van der Waals surface area contributed by atoms with Crippen LogP contribution in [0, 0.1) is 4.78 Å². The van der Waals surface area contributed by atoms with Crippen LogP contribution in [0.5, 0.6) is 0 Å². The zero-order valence-corrected chi connectivity index (χ0v) is 21.3. The predicted octanol–water partition coefficient (Wildman–Crippen LogP) is 1.20. The summed E-state index contributed by atoms with van der Waals surface area (Å²) in [5.41, 5.74) is -0.626. The molecule has 0 saturated carbocycles. The van der Waals surface area contributed by atoms with Crippen molar-refractivity contribution in [3.8, 4) is 0 Å². The Morgan fingerprint density at radius 2 is 1.39 bits per heavy atom. The first-order valence-corrected chi connectivity index (χ1v) is 11.1. The fraction of sp³-hybridized carbons (Fsp3) is 0.650. The molecular formula is C20H32N4O11S. The number of carbonyl (C=O) groups excluding carboxylic acids is 6. The largest absolute Gasteiger partial charge is 0.481 e. The van der Waals surface area contributed by atoms with E-state index in [-0.39, 0.29) is 43.7 Å². The highest BCUT2D eigenvalue weighted by Crippen LogP contribution is 2.12. The zero-order valence-electron chi connectivity index (χ0n) is 20.5. The number of amides is 5. The number of ether oxygens (including phenoxy) is 1. The number of carboxylic acid groups (broad SMARTS) is 1. The van der Waals surface area contributed by atoms with Gasteiger partial charge in [-0.3, -0.25) is 29.2 Å². The van der Waals surface area contributed by atoms with Crippen molar-refractivity contribution in [2.24, 2.45) is 0 Å². The molecule has 2 rings (SSSR count). The molecule has 5 amide bonds. The van der Waals surface area contributed by atoms with Crippen molar-refractivity contribution in [3.63, 3.8) is 0 Å². The van der Waals surface area contributed by atoms with E-state index in [9.17, 15) is 33.6 Å². The van der Waals surface area contributed by atoms with Crippen LogP contribution in [0.25, 0.3) is 0 Å².